The molecule has 24 heavy (non-hydrogen) atoms. The van der Waals surface area contributed by atoms with Gasteiger partial charge in [-0.3, -0.25) is 4.79 Å². The van der Waals surface area contributed by atoms with Crippen molar-refractivity contribution < 1.29 is 13.2 Å². The minimum Gasteiger partial charge on any atom is -0.348 e. The van der Waals surface area contributed by atoms with Crippen molar-refractivity contribution in [1.29, 1.82) is 0 Å². The van der Waals surface area contributed by atoms with Gasteiger partial charge in [-0.15, -0.1) is 0 Å². The summed E-state index contributed by atoms with van der Waals surface area (Å²) in [5.74, 6) is 0.365. The van der Waals surface area contributed by atoms with Crippen LogP contribution in [-0.4, -0.2) is 38.5 Å². The van der Waals surface area contributed by atoms with Gasteiger partial charge in [0.25, 0.3) is 0 Å². The zero-order chi connectivity index (χ0) is 17.6. The van der Waals surface area contributed by atoms with Gasteiger partial charge in [-0.25, -0.2) is 8.42 Å². The molecule has 134 valence electrons. The Morgan fingerprint density at radius 2 is 1.83 bits per heavy atom. The summed E-state index contributed by atoms with van der Waals surface area (Å²) >= 11 is 0. The monoisotopic (exact) mass is 352 g/mol. The smallest absolute Gasteiger partial charge is 0.235 e. The first-order valence-electron chi connectivity index (χ1n) is 8.62. The van der Waals surface area contributed by atoms with Crippen molar-refractivity contribution in [3.05, 3.63) is 35.9 Å². The van der Waals surface area contributed by atoms with Crippen molar-refractivity contribution in [2.24, 2.45) is 5.92 Å². The van der Waals surface area contributed by atoms with Crippen LogP contribution in [0.2, 0.25) is 0 Å². The van der Waals surface area contributed by atoms with Gasteiger partial charge in [-0.2, -0.15) is 4.31 Å². The van der Waals surface area contributed by atoms with Crippen molar-refractivity contribution in [3.63, 3.8) is 0 Å². The summed E-state index contributed by atoms with van der Waals surface area (Å²) in [6.07, 6.45) is 8.27. The van der Waals surface area contributed by atoms with Gasteiger partial charge in [0.1, 0.15) is 0 Å². The van der Waals surface area contributed by atoms with Crippen LogP contribution in [0.1, 0.15) is 50.1 Å². The maximum absolute atomic E-state index is 12.3. The highest BCUT2D eigenvalue weighted by Crippen LogP contribution is 2.31. The van der Waals surface area contributed by atoms with E-state index >= 15 is 0 Å². The molecule has 6 heteroatoms. The van der Waals surface area contributed by atoms with Crippen LogP contribution in [0.3, 0.4) is 0 Å². The van der Waals surface area contributed by atoms with Gasteiger partial charge in [-0.1, -0.05) is 62.4 Å². The van der Waals surface area contributed by atoms with Gasteiger partial charge < -0.3 is 5.32 Å². The molecule has 1 atom stereocenters. The maximum Gasteiger partial charge on any atom is 0.235 e. The second-order valence-electron chi connectivity index (χ2n) is 6.79. The third-order valence-corrected chi connectivity index (χ3v) is 6.02. The summed E-state index contributed by atoms with van der Waals surface area (Å²) in [5.41, 5.74) is 1.08. The molecule has 5 nitrogen and oxygen atoms in total. The summed E-state index contributed by atoms with van der Waals surface area (Å²) in [4.78, 5) is 12.3. The Hall–Kier alpha value is -1.40. The topological polar surface area (TPSA) is 66.5 Å². The van der Waals surface area contributed by atoms with E-state index in [0.717, 1.165) is 22.5 Å². The van der Waals surface area contributed by atoms with Crippen molar-refractivity contribution in [2.75, 3.05) is 19.8 Å². The Morgan fingerprint density at radius 3 is 2.42 bits per heavy atom. The predicted molar refractivity (Wildman–Crippen MR) is 96.0 cm³/mol. The molecule has 0 bridgehead atoms. The molecule has 1 unspecified atom stereocenters. The number of nitrogens with zero attached hydrogens (tertiary/aromatic N) is 1. The normalized spacial score (nSPS) is 17.6. The lowest BCUT2D eigenvalue weighted by Crippen LogP contribution is -2.40. The third kappa shape index (κ3) is 5.91. The molecule has 0 aliphatic heterocycles. The first-order chi connectivity index (χ1) is 11.4. The highest BCUT2D eigenvalue weighted by atomic mass is 32.2. The number of hydrogen-bond donors (Lipinski definition) is 1. The number of hydrogen-bond acceptors (Lipinski definition) is 3. The molecular weight excluding hydrogens is 324 g/mol. The Labute approximate surface area is 145 Å². The molecule has 2 rings (SSSR count). The van der Waals surface area contributed by atoms with E-state index in [-0.39, 0.29) is 18.5 Å². The van der Waals surface area contributed by atoms with E-state index in [1.165, 1.54) is 39.2 Å². The van der Waals surface area contributed by atoms with Gasteiger partial charge in [0, 0.05) is 7.05 Å². The first kappa shape index (κ1) is 18.9. The molecule has 1 aliphatic carbocycles. The number of sulfonamides is 1. The fourth-order valence-electron chi connectivity index (χ4n) is 3.28. The van der Waals surface area contributed by atoms with Crippen molar-refractivity contribution in [1.82, 2.24) is 9.62 Å². The van der Waals surface area contributed by atoms with Gasteiger partial charge in [-0.05, 0) is 17.9 Å². The molecule has 0 heterocycles. The average molecular weight is 352 g/mol. The maximum atomic E-state index is 12.3. The number of likely N-dealkylation sites (N-methyl/N-ethyl adjacent to an activating group) is 1. The molecule has 1 aromatic rings. The number of nitrogens with one attached hydrogen (secondary N) is 1. The highest BCUT2D eigenvalue weighted by Gasteiger charge is 2.23. The van der Waals surface area contributed by atoms with Crippen LogP contribution in [0.15, 0.2) is 30.3 Å². The quantitative estimate of drug-likeness (QED) is 0.820. The lowest BCUT2D eigenvalue weighted by atomic mass is 9.83. The lowest BCUT2D eigenvalue weighted by molar-refractivity contribution is -0.122. The molecule has 0 radical (unpaired) electrons. The molecule has 0 aromatic heterocycles. The zero-order valence-electron chi connectivity index (χ0n) is 14.6. The zero-order valence-corrected chi connectivity index (χ0v) is 15.4. The standard InChI is InChI=1S/C18H28N2O3S/c1-20(24(2,22)23)14-18(21)19-17(16-11-7-4-8-12-16)13-15-9-5-3-6-10-15/h4,7-8,11-12,15,17H,3,5-6,9-10,13-14H2,1-2H3,(H,19,21). The molecular formula is C18H28N2O3S. The van der Waals surface area contributed by atoms with Gasteiger partial charge in [0.15, 0.2) is 0 Å². The number of rotatable bonds is 7. The van der Waals surface area contributed by atoms with Crippen LogP contribution in [0.4, 0.5) is 0 Å². The SMILES string of the molecule is CN(CC(=O)NC(CC1CCCCC1)c1ccccc1)S(C)(=O)=O. The number of benzene rings is 1. The third-order valence-electron chi connectivity index (χ3n) is 4.76. The Balaban J connectivity index is 2.03. The minimum atomic E-state index is -3.35. The fourth-order valence-corrected chi connectivity index (χ4v) is 3.63. The second kappa shape index (κ2) is 8.62. The first-order valence-corrected chi connectivity index (χ1v) is 10.5. The van der Waals surface area contributed by atoms with Crippen LogP contribution in [0, 0.1) is 5.92 Å². The molecule has 1 aliphatic rings. The Bertz CT molecular complexity index is 625. The van der Waals surface area contributed by atoms with Gasteiger partial charge >= 0.3 is 0 Å². The van der Waals surface area contributed by atoms with Crippen molar-refractivity contribution in [3.8, 4) is 0 Å². The number of carbonyl (C=O) groups is 1. The average Bonchev–Trinajstić information content (AvgIpc) is 2.55. The van der Waals surface area contributed by atoms with E-state index in [2.05, 4.69) is 5.32 Å². The van der Waals surface area contributed by atoms with Crippen LogP contribution >= 0.6 is 0 Å². The van der Waals surface area contributed by atoms with E-state index in [9.17, 15) is 13.2 Å². The molecule has 1 N–H and O–H groups in total. The van der Waals surface area contributed by atoms with E-state index in [1.54, 1.807) is 0 Å². The fraction of sp³-hybridized carbons (Fsp3) is 0.611. The summed E-state index contributed by atoms with van der Waals surface area (Å²) in [7, 11) is -1.93. The van der Waals surface area contributed by atoms with E-state index in [0.29, 0.717) is 5.92 Å². The Morgan fingerprint density at radius 1 is 1.21 bits per heavy atom. The number of amides is 1. The van der Waals surface area contributed by atoms with Crippen LogP contribution in [0.25, 0.3) is 0 Å². The van der Waals surface area contributed by atoms with Crippen molar-refractivity contribution >= 4 is 15.9 Å². The van der Waals surface area contributed by atoms with E-state index < -0.39 is 10.0 Å². The lowest BCUT2D eigenvalue weighted by Gasteiger charge is -2.28. The van der Waals surface area contributed by atoms with Gasteiger partial charge in [0.2, 0.25) is 15.9 Å². The molecule has 0 saturated heterocycles. The summed E-state index contributed by atoms with van der Waals surface area (Å²) in [6, 6.07) is 9.88. The largest absolute Gasteiger partial charge is 0.348 e. The second-order valence-corrected chi connectivity index (χ2v) is 8.88. The molecule has 1 fully saturated rings. The minimum absolute atomic E-state index is 0.0604. The molecule has 1 amide bonds. The van der Waals surface area contributed by atoms with Crippen LogP contribution in [0.5, 0.6) is 0 Å². The highest BCUT2D eigenvalue weighted by molar-refractivity contribution is 7.88. The molecule has 0 spiro atoms. The molecule has 1 aromatic carbocycles. The summed E-state index contributed by atoms with van der Waals surface area (Å²) in [5, 5.41) is 3.04. The Kier molecular flexibility index (Phi) is 6.80. The van der Waals surface area contributed by atoms with Gasteiger partial charge in [0.05, 0.1) is 18.8 Å². The summed E-state index contributed by atoms with van der Waals surface area (Å²) < 4.78 is 24.0. The van der Waals surface area contributed by atoms with Crippen LogP contribution in [-0.2, 0) is 14.8 Å². The van der Waals surface area contributed by atoms with E-state index in [4.69, 9.17) is 0 Å². The summed E-state index contributed by atoms with van der Waals surface area (Å²) in [6.45, 7) is -0.146. The van der Waals surface area contributed by atoms with E-state index in [1.807, 2.05) is 30.3 Å². The predicted octanol–water partition coefficient (Wildman–Crippen LogP) is 2.71. The number of carbonyl (C=O) groups excluding carboxylic acids is 1. The molecule has 1 saturated carbocycles. The van der Waals surface area contributed by atoms with Crippen molar-refractivity contribution in [2.45, 2.75) is 44.6 Å². The van der Waals surface area contributed by atoms with Crippen LogP contribution < -0.4 is 5.32 Å².